The lowest BCUT2D eigenvalue weighted by Gasteiger charge is -2.07. The van der Waals surface area contributed by atoms with Crippen molar-refractivity contribution in [2.24, 2.45) is 5.84 Å². The van der Waals surface area contributed by atoms with Gasteiger partial charge in [-0.1, -0.05) is 6.07 Å². The molecule has 0 bridgehead atoms. The van der Waals surface area contributed by atoms with Crippen molar-refractivity contribution in [3.05, 3.63) is 34.4 Å². The van der Waals surface area contributed by atoms with E-state index < -0.39 is 0 Å². The molecule has 0 spiro atoms. The van der Waals surface area contributed by atoms with Crippen LogP contribution in [0.15, 0.2) is 12.1 Å². The molecule has 3 N–H and O–H groups in total. The fourth-order valence-electron chi connectivity index (χ4n) is 1.28. The molecule has 0 fully saturated rings. The molecular weight excluding hydrogens is 164 g/mol. The highest BCUT2D eigenvalue weighted by Gasteiger charge is 2.08. The third-order valence-corrected chi connectivity index (χ3v) is 2.22. The molecule has 1 rings (SSSR count). The Labute approximate surface area is 77.9 Å². The molecule has 0 heterocycles. The van der Waals surface area contributed by atoms with Gasteiger partial charge in [-0.2, -0.15) is 0 Å². The van der Waals surface area contributed by atoms with Crippen molar-refractivity contribution in [1.82, 2.24) is 5.43 Å². The summed E-state index contributed by atoms with van der Waals surface area (Å²) in [5, 5.41) is 0. The van der Waals surface area contributed by atoms with Crippen LogP contribution in [-0.4, -0.2) is 5.91 Å². The van der Waals surface area contributed by atoms with Gasteiger partial charge in [0.1, 0.15) is 0 Å². The number of carbonyl (C=O) groups is 1. The third kappa shape index (κ3) is 1.87. The molecule has 70 valence electrons. The van der Waals surface area contributed by atoms with Gasteiger partial charge in [-0.25, -0.2) is 5.84 Å². The number of rotatable bonds is 1. The number of hydrogen-bond acceptors (Lipinski definition) is 2. The molecular formula is C10H14N2O. The second kappa shape index (κ2) is 3.58. The molecule has 0 unspecified atom stereocenters. The lowest BCUT2D eigenvalue weighted by molar-refractivity contribution is 0.0953. The monoisotopic (exact) mass is 178 g/mol. The first kappa shape index (κ1) is 9.74. The summed E-state index contributed by atoms with van der Waals surface area (Å²) in [6, 6.07) is 3.84. The number of nitrogens with one attached hydrogen (secondary N) is 1. The molecule has 3 heteroatoms. The Morgan fingerprint density at radius 2 is 1.69 bits per heavy atom. The zero-order chi connectivity index (χ0) is 10.0. The zero-order valence-corrected chi connectivity index (χ0v) is 8.14. The first-order valence-corrected chi connectivity index (χ1v) is 4.15. The van der Waals surface area contributed by atoms with Crippen molar-refractivity contribution < 1.29 is 4.79 Å². The van der Waals surface area contributed by atoms with E-state index in [1.165, 1.54) is 5.56 Å². The summed E-state index contributed by atoms with van der Waals surface area (Å²) in [5.41, 5.74) is 6.01. The number of aryl methyl sites for hydroxylation is 3. The van der Waals surface area contributed by atoms with Crippen LogP contribution in [0.2, 0.25) is 0 Å². The van der Waals surface area contributed by atoms with Crippen molar-refractivity contribution in [2.45, 2.75) is 20.8 Å². The minimum Gasteiger partial charge on any atom is -0.290 e. The molecule has 0 aliphatic heterocycles. The predicted molar refractivity (Wildman–Crippen MR) is 52.3 cm³/mol. The van der Waals surface area contributed by atoms with Crippen LogP contribution in [0.4, 0.5) is 0 Å². The highest BCUT2D eigenvalue weighted by molar-refractivity contribution is 5.95. The summed E-state index contributed by atoms with van der Waals surface area (Å²) in [4.78, 5) is 11.3. The number of benzene rings is 1. The van der Waals surface area contributed by atoms with Gasteiger partial charge in [-0.05, 0) is 43.5 Å². The third-order valence-electron chi connectivity index (χ3n) is 2.22. The number of carbonyl (C=O) groups excluding carboxylic acids is 1. The standard InChI is InChI=1S/C10H14N2O/c1-6-4-8(3)9(5-7(6)2)10(13)12-11/h4-5H,11H2,1-3H3,(H,12,13). The molecule has 1 amide bonds. The first-order valence-electron chi connectivity index (χ1n) is 4.15. The molecule has 0 aliphatic carbocycles. The van der Waals surface area contributed by atoms with E-state index in [2.05, 4.69) is 5.43 Å². The molecule has 0 aromatic heterocycles. The Bertz CT molecular complexity index is 345. The molecule has 0 atom stereocenters. The maximum absolute atomic E-state index is 11.3. The van der Waals surface area contributed by atoms with Crippen LogP contribution in [0.3, 0.4) is 0 Å². The topological polar surface area (TPSA) is 55.1 Å². The van der Waals surface area contributed by atoms with E-state index in [1.54, 1.807) is 0 Å². The molecule has 0 aliphatic rings. The van der Waals surface area contributed by atoms with Gasteiger partial charge in [-0.3, -0.25) is 10.2 Å². The van der Waals surface area contributed by atoms with E-state index in [4.69, 9.17) is 5.84 Å². The number of amides is 1. The largest absolute Gasteiger partial charge is 0.290 e. The van der Waals surface area contributed by atoms with Crippen LogP contribution in [-0.2, 0) is 0 Å². The second-order valence-electron chi connectivity index (χ2n) is 3.22. The summed E-state index contributed by atoms with van der Waals surface area (Å²) >= 11 is 0. The fraction of sp³-hybridized carbons (Fsp3) is 0.300. The van der Waals surface area contributed by atoms with E-state index in [-0.39, 0.29) is 5.91 Å². The smallest absolute Gasteiger partial charge is 0.265 e. The van der Waals surface area contributed by atoms with Crippen LogP contribution in [0.5, 0.6) is 0 Å². The van der Waals surface area contributed by atoms with Crippen molar-refractivity contribution in [2.75, 3.05) is 0 Å². The van der Waals surface area contributed by atoms with Gasteiger partial charge in [0, 0.05) is 5.56 Å². The number of hydrogen-bond donors (Lipinski definition) is 2. The quantitative estimate of drug-likeness (QED) is 0.386. The van der Waals surface area contributed by atoms with E-state index in [0.717, 1.165) is 11.1 Å². The van der Waals surface area contributed by atoms with Crippen molar-refractivity contribution in [3.63, 3.8) is 0 Å². The van der Waals surface area contributed by atoms with Gasteiger partial charge < -0.3 is 0 Å². The second-order valence-corrected chi connectivity index (χ2v) is 3.22. The van der Waals surface area contributed by atoms with Crippen molar-refractivity contribution in [3.8, 4) is 0 Å². The van der Waals surface area contributed by atoms with E-state index in [9.17, 15) is 4.79 Å². The number of nitrogens with two attached hydrogens (primary N) is 1. The lowest BCUT2D eigenvalue weighted by atomic mass is 10.0. The van der Waals surface area contributed by atoms with Crippen molar-refractivity contribution >= 4 is 5.91 Å². The van der Waals surface area contributed by atoms with Crippen molar-refractivity contribution in [1.29, 1.82) is 0 Å². The molecule has 0 radical (unpaired) electrons. The maximum atomic E-state index is 11.3. The van der Waals surface area contributed by atoms with Gasteiger partial charge in [0.25, 0.3) is 5.91 Å². The maximum Gasteiger partial charge on any atom is 0.265 e. The Morgan fingerprint density at radius 3 is 2.23 bits per heavy atom. The Kier molecular flexibility index (Phi) is 2.68. The highest BCUT2D eigenvalue weighted by atomic mass is 16.2. The van der Waals surface area contributed by atoms with Crippen LogP contribution in [0.25, 0.3) is 0 Å². The van der Waals surface area contributed by atoms with Gasteiger partial charge in [0.05, 0.1) is 0 Å². The van der Waals surface area contributed by atoms with Crippen LogP contribution in [0, 0.1) is 20.8 Å². The van der Waals surface area contributed by atoms with E-state index in [0.29, 0.717) is 5.56 Å². The van der Waals surface area contributed by atoms with E-state index in [1.807, 2.05) is 32.9 Å². The van der Waals surface area contributed by atoms with Gasteiger partial charge in [-0.15, -0.1) is 0 Å². The lowest BCUT2D eigenvalue weighted by Crippen LogP contribution is -2.30. The van der Waals surface area contributed by atoms with E-state index >= 15 is 0 Å². The molecule has 3 nitrogen and oxygen atoms in total. The normalized spacial score (nSPS) is 9.85. The summed E-state index contributed by atoms with van der Waals surface area (Å²) in [7, 11) is 0. The minimum atomic E-state index is -0.236. The Balaban J connectivity index is 3.23. The molecule has 0 saturated heterocycles. The molecule has 1 aromatic carbocycles. The average molecular weight is 178 g/mol. The molecule has 1 aromatic rings. The Hall–Kier alpha value is -1.35. The molecule has 0 saturated carbocycles. The SMILES string of the molecule is Cc1cc(C)c(C(=O)NN)cc1C. The minimum absolute atomic E-state index is 0.236. The highest BCUT2D eigenvalue weighted by Crippen LogP contribution is 2.14. The first-order chi connectivity index (χ1) is 6.06. The summed E-state index contributed by atoms with van der Waals surface area (Å²) in [5.74, 6) is 4.83. The number of hydrazine groups is 1. The fourth-order valence-corrected chi connectivity index (χ4v) is 1.28. The van der Waals surface area contributed by atoms with Gasteiger partial charge in [0.15, 0.2) is 0 Å². The Morgan fingerprint density at radius 1 is 1.15 bits per heavy atom. The summed E-state index contributed by atoms with van der Waals surface area (Å²) < 4.78 is 0. The van der Waals surface area contributed by atoms with Gasteiger partial charge >= 0.3 is 0 Å². The number of nitrogen functional groups attached to an aromatic ring is 1. The summed E-state index contributed by atoms with van der Waals surface area (Å²) in [6.07, 6.45) is 0. The predicted octanol–water partition coefficient (Wildman–Crippen LogP) is 1.22. The van der Waals surface area contributed by atoms with Crippen LogP contribution < -0.4 is 11.3 Å². The summed E-state index contributed by atoms with van der Waals surface area (Å²) in [6.45, 7) is 5.89. The zero-order valence-electron chi connectivity index (χ0n) is 8.14. The van der Waals surface area contributed by atoms with Gasteiger partial charge in [0.2, 0.25) is 0 Å². The molecule has 13 heavy (non-hydrogen) atoms. The van der Waals surface area contributed by atoms with Crippen LogP contribution in [0.1, 0.15) is 27.0 Å². The average Bonchev–Trinajstić information content (AvgIpc) is 2.10. The van der Waals surface area contributed by atoms with Crippen LogP contribution >= 0.6 is 0 Å².